The highest BCUT2D eigenvalue weighted by molar-refractivity contribution is 7.99. The highest BCUT2D eigenvalue weighted by atomic mass is 32.2. The average Bonchev–Trinajstić information content (AvgIpc) is 3.17. The fourth-order valence-corrected chi connectivity index (χ4v) is 2.99. The Morgan fingerprint density at radius 1 is 1.15 bits per heavy atom. The van der Waals surface area contributed by atoms with Crippen molar-refractivity contribution in [1.82, 2.24) is 10.2 Å². The number of para-hydroxylation sites is 1. The molecular formula is C19H15FN4O2S. The molecular weight excluding hydrogens is 367 g/mol. The van der Waals surface area contributed by atoms with Gasteiger partial charge in [0.1, 0.15) is 5.82 Å². The molecule has 0 atom stereocenters. The Morgan fingerprint density at radius 2 is 1.89 bits per heavy atom. The molecule has 2 aromatic carbocycles. The Hall–Kier alpha value is -3.18. The second-order valence-corrected chi connectivity index (χ2v) is 6.38. The highest BCUT2D eigenvalue weighted by Crippen LogP contribution is 2.24. The van der Waals surface area contributed by atoms with E-state index in [1.807, 2.05) is 30.3 Å². The SMILES string of the molecule is N#CCCN(C(=O)CSc1nnc(-c2ccc(F)cc2)o1)c1ccccc1. The smallest absolute Gasteiger partial charge is 0.277 e. The van der Waals surface area contributed by atoms with Gasteiger partial charge in [0.15, 0.2) is 0 Å². The van der Waals surface area contributed by atoms with Gasteiger partial charge in [0.05, 0.1) is 18.2 Å². The van der Waals surface area contributed by atoms with E-state index < -0.39 is 0 Å². The van der Waals surface area contributed by atoms with Crippen LogP contribution >= 0.6 is 11.8 Å². The molecule has 1 amide bonds. The van der Waals surface area contributed by atoms with Crippen molar-refractivity contribution in [2.24, 2.45) is 0 Å². The van der Waals surface area contributed by atoms with E-state index in [0.717, 1.165) is 17.4 Å². The van der Waals surface area contributed by atoms with Gasteiger partial charge in [-0.25, -0.2) is 4.39 Å². The Kier molecular flexibility index (Phi) is 6.18. The van der Waals surface area contributed by atoms with Crippen LogP contribution in [0.1, 0.15) is 6.42 Å². The molecule has 0 spiro atoms. The summed E-state index contributed by atoms with van der Waals surface area (Å²) in [6.07, 6.45) is 0.237. The molecule has 6 nitrogen and oxygen atoms in total. The Labute approximate surface area is 159 Å². The standard InChI is InChI=1S/C19H15FN4O2S/c20-15-9-7-14(8-10-15)18-22-23-19(26-18)27-13-17(25)24(12-4-11-21)16-5-2-1-3-6-16/h1-3,5-10H,4,12-13H2. The maximum absolute atomic E-state index is 13.0. The normalized spacial score (nSPS) is 10.4. The van der Waals surface area contributed by atoms with E-state index in [2.05, 4.69) is 16.3 Å². The second kappa shape index (κ2) is 8.96. The number of carbonyl (C=O) groups is 1. The van der Waals surface area contributed by atoms with E-state index >= 15 is 0 Å². The zero-order chi connectivity index (χ0) is 19.1. The summed E-state index contributed by atoms with van der Waals surface area (Å²) in [5.41, 5.74) is 1.33. The van der Waals surface area contributed by atoms with E-state index in [9.17, 15) is 9.18 Å². The Balaban J connectivity index is 1.65. The number of nitrogens with zero attached hydrogens (tertiary/aromatic N) is 4. The number of amides is 1. The summed E-state index contributed by atoms with van der Waals surface area (Å²) in [5, 5.41) is 16.9. The molecule has 0 radical (unpaired) electrons. The van der Waals surface area contributed by atoms with Crippen molar-refractivity contribution in [3.05, 3.63) is 60.4 Å². The van der Waals surface area contributed by atoms with Gasteiger partial charge in [0.25, 0.3) is 5.22 Å². The Bertz CT molecular complexity index is 938. The number of hydrogen-bond donors (Lipinski definition) is 0. The number of benzene rings is 2. The molecule has 3 aromatic rings. The molecule has 0 aliphatic heterocycles. The molecule has 1 heterocycles. The Morgan fingerprint density at radius 3 is 2.59 bits per heavy atom. The van der Waals surface area contributed by atoms with Crippen LogP contribution in [0.4, 0.5) is 10.1 Å². The van der Waals surface area contributed by atoms with Crippen molar-refractivity contribution >= 4 is 23.4 Å². The summed E-state index contributed by atoms with van der Waals surface area (Å²) in [7, 11) is 0. The van der Waals surface area contributed by atoms with Crippen LogP contribution in [0, 0.1) is 17.1 Å². The van der Waals surface area contributed by atoms with Crippen molar-refractivity contribution in [3.63, 3.8) is 0 Å². The summed E-state index contributed by atoms with van der Waals surface area (Å²) >= 11 is 1.12. The van der Waals surface area contributed by atoms with Gasteiger partial charge in [-0.2, -0.15) is 5.26 Å². The third-order valence-corrected chi connectivity index (χ3v) is 4.44. The summed E-state index contributed by atoms with van der Waals surface area (Å²) in [6.45, 7) is 0.310. The van der Waals surface area contributed by atoms with Gasteiger partial charge in [-0.3, -0.25) is 4.79 Å². The van der Waals surface area contributed by atoms with Crippen molar-refractivity contribution in [3.8, 4) is 17.5 Å². The quantitative estimate of drug-likeness (QED) is 0.576. The monoisotopic (exact) mass is 382 g/mol. The van der Waals surface area contributed by atoms with Gasteiger partial charge in [-0.1, -0.05) is 30.0 Å². The average molecular weight is 382 g/mol. The molecule has 0 fully saturated rings. The first-order chi connectivity index (χ1) is 13.2. The number of rotatable bonds is 7. The number of nitriles is 1. The van der Waals surface area contributed by atoms with E-state index in [0.29, 0.717) is 12.1 Å². The lowest BCUT2D eigenvalue weighted by Crippen LogP contribution is -2.33. The van der Waals surface area contributed by atoms with Gasteiger partial charge in [-0.15, -0.1) is 10.2 Å². The third-order valence-electron chi connectivity index (χ3n) is 3.63. The number of thioether (sulfide) groups is 1. The summed E-state index contributed by atoms with van der Waals surface area (Å²) in [5.74, 6) is -0.167. The van der Waals surface area contributed by atoms with Gasteiger partial charge in [0.2, 0.25) is 11.8 Å². The van der Waals surface area contributed by atoms with E-state index in [1.165, 1.54) is 12.1 Å². The van der Waals surface area contributed by atoms with Gasteiger partial charge in [-0.05, 0) is 36.4 Å². The van der Waals surface area contributed by atoms with Crippen LogP contribution in [-0.2, 0) is 4.79 Å². The predicted molar refractivity (Wildman–Crippen MR) is 99.4 cm³/mol. The van der Waals surface area contributed by atoms with Crippen LogP contribution < -0.4 is 4.90 Å². The molecule has 0 aliphatic carbocycles. The van der Waals surface area contributed by atoms with Crippen LogP contribution in [0.2, 0.25) is 0 Å². The van der Waals surface area contributed by atoms with Gasteiger partial charge >= 0.3 is 0 Å². The maximum atomic E-state index is 13.0. The number of anilines is 1. The first kappa shape index (κ1) is 18.6. The molecule has 0 saturated carbocycles. The van der Waals surface area contributed by atoms with Crippen molar-refractivity contribution < 1.29 is 13.6 Å². The van der Waals surface area contributed by atoms with Crippen LogP contribution in [0.15, 0.2) is 64.2 Å². The van der Waals surface area contributed by atoms with Crippen LogP contribution in [0.25, 0.3) is 11.5 Å². The molecule has 0 bridgehead atoms. The number of carbonyl (C=O) groups excluding carboxylic acids is 1. The zero-order valence-corrected chi connectivity index (χ0v) is 15.0. The lowest BCUT2D eigenvalue weighted by molar-refractivity contribution is -0.116. The molecule has 8 heteroatoms. The van der Waals surface area contributed by atoms with Crippen LogP contribution in [-0.4, -0.2) is 28.4 Å². The first-order valence-corrected chi connectivity index (χ1v) is 9.10. The molecule has 3 rings (SSSR count). The van der Waals surface area contributed by atoms with Crippen molar-refractivity contribution in [2.75, 3.05) is 17.2 Å². The molecule has 0 N–H and O–H groups in total. The maximum Gasteiger partial charge on any atom is 0.277 e. The largest absolute Gasteiger partial charge is 0.411 e. The van der Waals surface area contributed by atoms with Crippen LogP contribution in [0.3, 0.4) is 0 Å². The minimum Gasteiger partial charge on any atom is -0.411 e. The highest BCUT2D eigenvalue weighted by Gasteiger charge is 2.17. The van der Waals surface area contributed by atoms with E-state index in [1.54, 1.807) is 17.0 Å². The van der Waals surface area contributed by atoms with Crippen molar-refractivity contribution in [1.29, 1.82) is 5.26 Å². The summed E-state index contributed by atoms with van der Waals surface area (Å²) < 4.78 is 18.5. The minimum absolute atomic E-state index is 0.0887. The topological polar surface area (TPSA) is 83.0 Å². The predicted octanol–water partition coefficient (Wildman–Crippen LogP) is 3.91. The number of halogens is 1. The summed E-state index contributed by atoms with van der Waals surface area (Å²) in [6, 6.07) is 16.9. The minimum atomic E-state index is -0.350. The fraction of sp³-hybridized carbons (Fsp3) is 0.158. The lowest BCUT2D eigenvalue weighted by atomic mass is 10.2. The number of aromatic nitrogens is 2. The molecule has 0 aliphatic rings. The molecule has 1 aromatic heterocycles. The number of hydrogen-bond acceptors (Lipinski definition) is 6. The second-order valence-electron chi connectivity index (χ2n) is 5.46. The first-order valence-electron chi connectivity index (χ1n) is 8.12. The molecule has 136 valence electrons. The molecule has 27 heavy (non-hydrogen) atoms. The van der Waals surface area contributed by atoms with Gasteiger partial charge < -0.3 is 9.32 Å². The summed E-state index contributed by atoms with van der Waals surface area (Å²) in [4.78, 5) is 14.2. The van der Waals surface area contributed by atoms with Crippen molar-refractivity contribution in [2.45, 2.75) is 11.6 Å². The zero-order valence-electron chi connectivity index (χ0n) is 14.2. The van der Waals surface area contributed by atoms with E-state index in [4.69, 9.17) is 9.68 Å². The molecule has 0 unspecified atom stereocenters. The molecule has 0 saturated heterocycles. The van der Waals surface area contributed by atoms with Crippen LogP contribution in [0.5, 0.6) is 0 Å². The lowest BCUT2D eigenvalue weighted by Gasteiger charge is -2.21. The van der Waals surface area contributed by atoms with E-state index in [-0.39, 0.29) is 35.0 Å². The van der Waals surface area contributed by atoms with Gasteiger partial charge in [0, 0.05) is 17.8 Å². The third kappa shape index (κ3) is 4.92. The fourth-order valence-electron chi connectivity index (χ4n) is 2.35.